The predicted molar refractivity (Wildman–Crippen MR) is 88.7 cm³/mol. The number of carboxylic acids is 1. The number of rotatable bonds is 4. The highest BCUT2D eigenvalue weighted by molar-refractivity contribution is 5.94. The first-order valence-electron chi connectivity index (χ1n) is 7.92. The lowest BCUT2D eigenvalue weighted by atomic mass is 10.1. The third-order valence-electron chi connectivity index (χ3n) is 4.35. The molecule has 1 heterocycles. The molecule has 1 aromatic carbocycles. The summed E-state index contributed by atoms with van der Waals surface area (Å²) in [5.41, 5.74) is 0.224. The van der Waals surface area contributed by atoms with Crippen LogP contribution < -0.4 is 10.9 Å². The van der Waals surface area contributed by atoms with Crippen molar-refractivity contribution in [2.24, 2.45) is 0 Å². The number of carboxylic acid groups (broad SMARTS) is 1. The van der Waals surface area contributed by atoms with Crippen LogP contribution in [0.1, 0.15) is 44.5 Å². The van der Waals surface area contributed by atoms with Gasteiger partial charge in [-0.15, -0.1) is 0 Å². The molecule has 6 nitrogen and oxygen atoms in total. The van der Waals surface area contributed by atoms with Crippen LogP contribution in [0.4, 0.5) is 8.78 Å². The number of nitrogens with one attached hydrogen (secondary N) is 2. The Balaban J connectivity index is 1.73. The molecule has 3 rings (SSSR count). The summed E-state index contributed by atoms with van der Waals surface area (Å²) in [7, 11) is 0. The van der Waals surface area contributed by atoms with Gasteiger partial charge >= 0.3 is 5.97 Å². The lowest BCUT2D eigenvalue weighted by Crippen LogP contribution is -2.38. The summed E-state index contributed by atoms with van der Waals surface area (Å²) in [4.78, 5) is 37.3. The summed E-state index contributed by atoms with van der Waals surface area (Å²) in [6.07, 6.45) is 0.940. The third kappa shape index (κ3) is 3.49. The molecule has 0 fully saturated rings. The number of aromatic carboxylic acids is 1. The van der Waals surface area contributed by atoms with Crippen LogP contribution in [0.3, 0.4) is 0 Å². The van der Waals surface area contributed by atoms with E-state index in [0.29, 0.717) is 19.8 Å². The van der Waals surface area contributed by atoms with Crippen molar-refractivity contribution < 1.29 is 23.5 Å². The van der Waals surface area contributed by atoms with E-state index in [1.54, 1.807) is 12.1 Å². The summed E-state index contributed by atoms with van der Waals surface area (Å²) in [5.74, 6) is -4.89. The molecule has 1 unspecified atom stereocenters. The number of H-pyrrole nitrogens is 1. The van der Waals surface area contributed by atoms with Gasteiger partial charge in [-0.2, -0.15) is 0 Å². The van der Waals surface area contributed by atoms with E-state index in [-0.39, 0.29) is 17.2 Å². The number of hydrogen-bond acceptors (Lipinski definition) is 3. The van der Waals surface area contributed by atoms with Crippen LogP contribution in [0, 0.1) is 0 Å². The number of hydrogen-bond donors (Lipinski definition) is 3. The van der Waals surface area contributed by atoms with Crippen molar-refractivity contribution in [3.05, 3.63) is 68.6 Å². The molecule has 0 bridgehead atoms. The zero-order chi connectivity index (χ0) is 19.1. The Bertz CT molecular complexity index is 947. The molecule has 26 heavy (non-hydrogen) atoms. The minimum absolute atomic E-state index is 0.170. The second-order valence-corrected chi connectivity index (χ2v) is 6.37. The largest absolute Gasteiger partial charge is 0.478 e. The lowest BCUT2D eigenvalue weighted by molar-refractivity contribution is 0.0124. The first-order valence-corrected chi connectivity index (χ1v) is 7.92. The topological polar surface area (TPSA) is 99.3 Å². The first kappa shape index (κ1) is 17.8. The molecular weight excluding hydrogens is 346 g/mol. The van der Waals surface area contributed by atoms with Gasteiger partial charge in [0, 0.05) is 13.0 Å². The number of pyridine rings is 1. The maximum atomic E-state index is 13.2. The third-order valence-corrected chi connectivity index (χ3v) is 4.35. The van der Waals surface area contributed by atoms with E-state index in [4.69, 9.17) is 5.11 Å². The van der Waals surface area contributed by atoms with Crippen LogP contribution in [-0.2, 0) is 18.8 Å². The van der Waals surface area contributed by atoms with Gasteiger partial charge in [-0.1, -0.05) is 6.07 Å². The van der Waals surface area contributed by atoms with Gasteiger partial charge in [0.25, 0.3) is 17.4 Å². The van der Waals surface area contributed by atoms with Crippen molar-refractivity contribution in [3.8, 4) is 0 Å². The molecule has 2 aromatic rings. The number of carbonyl (C=O) groups is 2. The van der Waals surface area contributed by atoms with Gasteiger partial charge in [0.2, 0.25) is 0 Å². The zero-order valence-corrected chi connectivity index (χ0v) is 13.8. The predicted octanol–water partition coefficient (Wildman–Crippen LogP) is 2.08. The van der Waals surface area contributed by atoms with Gasteiger partial charge in [-0.3, -0.25) is 9.59 Å². The van der Waals surface area contributed by atoms with E-state index >= 15 is 0 Å². The van der Waals surface area contributed by atoms with Crippen molar-refractivity contribution in [1.82, 2.24) is 10.3 Å². The number of fused-ring (bicyclic) bond motifs is 1. The second-order valence-electron chi connectivity index (χ2n) is 6.37. The maximum Gasteiger partial charge on any atom is 0.335 e. The molecule has 0 radical (unpaired) electrons. The zero-order valence-electron chi connectivity index (χ0n) is 13.8. The van der Waals surface area contributed by atoms with E-state index < -0.39 is 29.1 Å². The minimum Gasteiger partial charge on any atom is -0.478 e. The van der Waals surface area contributed by atoms with E-state index in [9.17, 15) is 23.2 Å². The average Bonchev–Trinajstić information content (AvgIpc) is 2.94. The summed E-state index contributed by atoms with van der Waals surface area (Å²) >= 11 is 0. The van der Waals surface area contributed by atoms with E-state index in [0.717, 1.165) is 23.3 Å². The molecule has 1 amide bonds. The molecule has 1 aliphatic carbocycles. The van der Waals surface area contributed by atoms with Gasteiger partial charge in [0.15, 0.2) is 0 Å². The molecule has 8 heteroatoms. The molecule has 0 aliphatic heterocycles. The summed E-state index contributed by atoms with van der Waals surface area (Å²) in [5, 5.41) is 11.7. The van der Waals surface area contributed by atoms with Gasteiger partial charge in [-0.05, 0) is 48.2 Å². The fourth-order valence-corrected chi connectivity index (χ4v) is 3.02. The fraction of sp³-hybridized carbons (Fsp3) is 0.278. The van der Waals surface area contributed by atoms with Crippen molar-refractivity contribution in [3.63, 3.8) is 0 Å². The molecule has 3 N–H and O–H groups in total. The highest BCUT2D eigenvalue weighted by Gasteiger charge is 2.28. The molecule has 1 atom stereocenters. The number of aromatic amines is 1. The first-order chi connectivity index (χ1) is 12.1. The average molecular weight is 362 g/mol. The van der Waals surface area contributed by atoms with Crippen molar-refractivity contribution >= 4 is 11.9 Å². The Morgan fingerprint density at radius 2 is 1.88 bits per heavy atom. The maximum absolute atomic E-state index is 13.2. The van der Waals surface area contributed by atoms with Crippen LogP contribution in [0.15, 0.2) is 35.1 Å². The van der Waals surface area contributed by atoms with Crippen molar-refractivity contribution in [1.29, 1.82) is 0 Å². The van der Waals surface area contributed by atoms with Crippen LogP contribution in [0.5, 0.6) is 0 Å². The Morgan fingerprint density at radius 1 is 1.19 bits per heavy atom. The monoisotopic (exact) mass is 362 g/mol. The summed E-state index contributed by atoms with van der Waals surface area (Å²) < 4.78 is 26.4. The number of amides is 1. The lowest BCUT2D eigenvalue weighted by Gasteiger charge is -2.13. The Morgan fingerprint density at radius 3 is 2.50 bits per heavy atom. The Kier molecular flexibility index (Phi) is 4.35. The van der Waals surface area contributed by atoms with Gasteiger partial charge in [-0.25, -0.2) is 13.6 Å². The van der Waals surface area contributed by atoms with Gasteiger partial charge in [0.05, 0.1) is 11.3 Å². The number of aromatic nitrogens is 1. The molecular formula is C18H16F2N2O4. The van der Waals surface area contributed by atoms with Gasteiger partial charge in [0.1, 0.15) is 5.56 Å². The Hall–Kier alpha value is -3.03. The van der Waals surface area contributed by atoms with Gasteiger partial charge < -0.3 is 15.4 Å². The number of carbonyl (C=O) groups excluding carboxylic acids is 1. The highest BCUT2D eigenvalue weighted by Crippen LogP contribution is 2.25. The number of alkyl halides is 2. The van der Waals surface area contributed by atoms with Crippen LogP contribution >= 0.6 is 0 Å². The number of halogens is 2. The minimum atomic E-state index is -3.21. The number of benzene rings is 1. The quantitative estimate of drug-likeness (QED) is 0.775. The van der Waals surface area contributed by atoms with E-state index in [1.807, 2.05) is 4.98 Å². The summed E-state index contributed by atoms with van der Waals surface area (Å²) in [6, 6.07) is 6.56. The fourth-order valence-electron chi connectivity index (χ4n) is 3.02. The molecule has 0 saturated heterocycles. The highest BCUT2D eigenvalue weighted by atomic mass is 19.3. The Labute approximate surface area is 146 Å². The van der Waals surface area contributed by atoms with Crippen LogP contribution in [0.2, 0.25) is 0 Å². The SMILES string of the molecule is CC(F)(F)c1ccc(C(=O)NC2Cc3ccc(C(=O)O)cc3C2)c(=O)[nH]1. The molecule has 0 spiro atoms. The molecule has 1 aromatic heterocycles. The smallest absolute Gasteiger partial charge is 0.335 e. The molecule has 1 aliphatic rings. The van der Waals surface area contributed by atoms with Crippen molar-refractivity contribution in [2.75, 3.05) is 0 Å². The normalized spacial score (nSPS) is 16.2. The van der Waals surface area contributed by atoms with Crippen molar-refractivity contribution in [2.45, 2.75) is 31.7 Å². The molecule has 0 saturated carbocycles. The van der Waals surface area contributed by atoms with E-state index in [1.165, 1.54) is 6.07 Å². The molecule has 136 valence electrons. The standard InChI is InChI=1S/C18H16F2N2O4/c1-18(19,20)14-5-4-13(16(24)22-14)15(23)21-12-7-9-2-3-10(17(25)26)6-11(9)8-12/h2-6,12H,7-8H2,1H3,(H,21,23)(H,22,24)(H,25,26). The van der Waals surface area contributed by atoms with Crippen LogP contribution in [0.25, 0.3) is 0 Å². The second kappa shape index (κ2) is 6.36. The van der Waals surface area contributed by atoms with E-state index in [2.05, 4.69) is 5.32 Å². The summed E-state index contributed by atoms with van der Waals surface area (Å²) in [6.45, 7) is 0.652. The van der Waals surface area contributed by atoms with Crippen LogP contribution in [-0.4, -0.2) is 28.0 Å².